The fraction of sp³-hybridized carbons (Fsp3) is 0.375. The monoisotopic (exact) mass is 296 g/mol. The molecular formula is C8H4F8N2O. The number of rotatable bonds is 2. The molecule has 2 N–H and O–H groups in total. The molecule has 1 rings (SSSR count). The third-order valence-electron chi connectivity index (χ3n) is 1.83. The second-order valence-corrected chi connectivity index (χ2v) is 3.15. The maximum atomic E-state index is 12.4. The maximum absolute atomic E-state index is 12.4. The van der Waals surface area contributed by atoms with Gasteiger partial charge in [-0.15, -0.1) is 13.2 Å². The van der Waals surface area contributed by atoms with E-state index >= 15 is 0 Å². The highest BCUT2D eigenvalue weighted by Gasteiger charge is 2.40. The molecule has 1 aromatic rings. The Kier molecular flexibility index (Phi) is 3.77. The van der Waals surface area contributed by atoms with Gasteiger partial charge in [-0.05, 0) is 0 Å². The van der Waals surface area contributed by atoms with Crippen LogP contribution in [0.3, 0.4) is 0 Å². The highest BCUT2D eigenvalue weighted by molar-refractivity contribution is 5.61. The van der Waals surface area contributed by atoms with E-state index in [-0.39, 0.29) is 6.20 Å². The molecule has 11 heteroatoms. The first-order valence-electron chi connectivity index (χ1n) is 4.33. The summed E-state index contributed by atoms with van der Waals surface area (Å²) in [6.45, 7) is 0. The molecule has 1 heterocycles. The van der Waals surface area contributed by atoms with Gasteiger partial charge in [-0.1, -0.05) is 0 Å². The van der Waals surface area contributed by atoms with E-state index in [0.29, 0.717) is 0 Å². The van der Waals surface area contributed by atoms with Gasteiger partial charge < -0.3 is 10.5 Å². The van der Waals surface area contributed by atoms with E-state index in [2.05, 4.69) is 9.72 Å². The third kappa shape index (κ3) is 3.58. The largest absolute Gasteiger partial charge is 0.573 e. The van der Waals surface area contributed by atoms with Crippen molar-refractivity contribution < 1.29 is 39.9 Å². The van der Waals surface area contributed by atoms with E-state index in [4.69, 9.17) is 5.73 Å². The number of anilines is 1. The first-order valence-corrected chi connectivity index (χ1v) is 4.33. The van der Waals surface area contributed by atoms with Gasteiger partial charge in [-0.2, -0.15) is 13.2 Å². The van der Waals surface area contributed by atoms with Crippen LogP contribution in [0.5, 0.6) is 5.75 Å². The van der Waals surface area contributed by atoms with Crippen molar-refractivity contribution in [3.05, 3.63) is 17.5 Å². The van der Waals surface area contributed by atoms with Crippen LogP contribution in [0.1, 0.15) is 17.7 Å². The Balaban J connectivity index is 3.45. The fourth-order valence-electron chi connectivity index (χ4n) is 1.13. The molecule has 0 saturated heterocycles. The van der Waals surface area contributed by atoms with Crippen molar-refractivity contribution in [1.82, 2.24) is 4.98 Å². The summed E-state index contributed by atoms with van der Waals surface area (Å²) < 4.78 is 101. The molecule has 0 aliphatic rings. The Morgan fingerprint density at radius 2 is 1.63 bits per heavy atom. The second-order valence-electron chi connectivity index (χ2n) is 3.15. The van der Waals surface area contributed by atoms with Crippen molar-refractivity contribution in [3.63, 3.8) is 0 Å². The lowest BCUT2D eigenvalue weighted by Gasteiger charge is -2.17. The van der Waals surface area contributed by atoms with Crippen LogP contribution in [0.4, 0.5) is 40.8 Å². The number of ether oxygens (including phenoxy) is 1. The summed E-state index contributed by atoms with van der Waals surface area (Å²) in [5, 5.41) is 0. The normalized spacial score (nSPS) is 12.9. The van der Waals surface area contributed by atoms with Crippen LogP contribution in [-0.2, 0) is 6.18 Å². The van der Waals surface area contributed by atoms with Gasteiger partial charge in [0, 0.05) is 6.20 Å². The van der Waals surface area contributed by atoms with Crippen molar-refractivity contribution >= 4 is 5.69 Å². The summed E-state index contributed by atoms with van der Waals surface area (Å²) in [5.74, 6) is -1.85. The lowest BCUT2D eigenvalue weighted by molar-refractivity contribution is -0.275. The number of pyridine rings is 1. The molecule has 0 unspecified atom stereocenters. The lowest BCUT2D eigenvalue weighted by Crippen LogP contribution is -2.21. The smallest absolute Gasteiger partial charge is 0.401 e. The number of nitrogens with two attached hydrogens (primary N) is 1. The molecule has 19 heavy (non-hydrogen) atoms. The Labute approximate surface area is 99.5 Å². The molecule has 0 radical (unpaired) electrons. The molecule has 0 fully saturated rings. The van der Waals surface area contributed by atoms with Crippen LogP contribution >= 0.6 is 0 Å². The van der Waals surface area contributed by atoms with Gasteiger partial charge >= 0.3 is 12.5 Å². The van der Waals surface area contributed by atoms with E-state index in [0.717, 1.165) is 0 Å². The molecule has 0 bridgehead atoms. The zero-order chi connectivity index (χ0) is 15.0. The predicted octanol–water partition coefficient (Wildman–Crippen LogP) is 3.52. The van der Waals surface area contributed by atoms with E-state index < -0.39 is 41.7 Å². The minimum atomic E-state index is -5.48. The van der Waals surface area contributed by atoms with Crippen LogP contribution in [0.25, 0.3) is 0 Å². The topological polar surface area (TPSA) is 48.1 Å². The highest BCUT2D eigenvalue weighted by atomic mass is 19.4. The van der Waals surface area contributed by atoms with Crippen LogP contribution in [0.15, 0.2) is 6.20 Å². The minimum Gasteiger partial charge on any atom is -0.401 e. The first kappa shape index (κ1) is 15.2. The molecular weight excluding hydrogens is 292 g/mol. The van der Waals surface area contributed by atoms with Gasteiger partial charge in [-0.25, -0.2) is 8.78 Å². The van der Waals surface area contributed by atoms with Crippen LogP contribution in [0.2, 0.25) is 0 Å². The quantitative estimate of drug-likeness (QED) is 0.849. The van der Waals surface area contributed by atoms with E-state index in [1.807, 2.05) is 0 Å². The number of alkyl halides is 8. The van der Waals surface area contributed by atoms with Crippen LogP contribution in [0, 0.1) is 0 Å². The summed E-state index contributed by atoms with van der Waals surface area (Å²) in [6.07, 6.45) is -14.3. The van der Waals surface area contributed by atoms with Crippen molar-refractivity contribution in [2.75, 3.05) is 5.73 Å². The molecule has 0 aliphatic heterocycles. The Bertz CT molecular complexity index is 467. The van der Waals surface area contributed by atoms with Crippen molar-refractivity contribution in [3.8, 4) is 5.75 Å². The van der Waals surface area contributed by atoms with Crippen LogP contribution < -0.4 is 10.5 Å². The molecule has 0 aromatic carbocycles. The molecule has 108 valence electrons. The number of nitrogen functional groups attached to an aromatic ring is 1. The Morgan fingerprint density at radius 3 is 2.00 bits per heavy atom. The minimum absolute atomic E-state index is 0.0833. The Morgan fingerprint density at radius 1 is 1.11 bits per heavy atom. The summed E-state index contributed by atoms with van der Waals surface area (Å²) >= 11 is 0. The third-order valence-corrected chi connectivity index (χ3v) is 1.83. The van der Waals surface area contributed by atoms with Crippen molar-refractivity contribution in [2.24, 2.45) is 0 Å². The predicted molar refractivity (Wildman–Crippen MR) is 45.3 cm³/mol. The maximum Gasteiger partial charge on any atom is 0.573 e. The summed E-state index contributed by atoms with van der Waals surface area (Å²) in [4.78, 5) is 2.61. The van der Waals surface area contributed by atoms with Gasteiger partial charge in [0.1, 0.15) is 5.56 Å². The number of aromatic nitrogens is 1. The SMILES string of the molecule is Nc1c(C(F)(F)F)cnc(C(F)F)c1OC(F)(F)F. The van der Waals surface area contributed by atoms with Crippen molar-refractivity contribution in [2.45, 2.75) is 19.0 Å². The molecule has 0 aliphatic carbocycles. The van der Waals surface area contributed by atoms with E-state index in [1.165, 1.54) is 0 Å². The lowest BCUT2D eigenvalue weighted by atomic mass is 10.2. The molecule has 1 aromatic heterocycles. The molecule has 0 saturated carbocycles. The standard InChI is InChI=1S/C8H4F8N2O/c9-6(10)4-5(19-8(14,15)16)3(17)2(1-18-4)7(11,12)13/h1,6H,(H2,17,18). The summed E-state index contributed by atoms with van der Waals surface area (Å²) in [7, 11) is 0. The number of hydrogen-bond donors (Lipinski definition) is 1. The fourth-order valence-corrected chi connectivity index (χ4v) is 1.13. The summed E-state index contributed by atoms with van der Waals surface area (Å²) in [5.41, 5.74) is -0.222. The van der Waals surface area contributed by atoms with Gasteiger partial charge in [0.15, 0.2) is 11.4 Å². The van der Waals surface area contributed by atoms with E-state index in [9.17, 15) is 35.1 Å². The van der Waals surface area contributed by atoms with Crippen LogP contribution in [-0.4, -0.2) is 11.3 Å². The summed E-state index contributed by atoms with van der Waals surface area (Å²) in [6, 6.07) is 0. The molecule has 0 atom stereocenters. The second kappa shape index (κ2) is 4.70. The Hall–Kier alpha value is -1.81. The number of nitrogens with zero attached hydrogens (tertiary/aromatic N) is 1. The van der Waals surface area contributed by atoms with Gasteiger partial charge in [0.05, 0.1) is 5.69 Å². The highest BCUT2D eigenvalue weighted by Crippen LogP contribution is 2.42. The van der Waals surface area contributed by atoms with E-state index in [1.54, 1.807) is 0 Å². The zero-order valence-corrected chi connectivity index (χ0v) is 8.61. The average Bonchev–Trinajstić information content (AvgIpc) is 2.16. The van der Waals surface area contributed by atoms with Gasteiger partial charge in [0.2, 0.25) is 0 Å². The number of hydrogen-bond acceptors (Lipinski definition) is 3. The van der Waals surface area contributed by atoms with Crippen molar-refractivity contribution in [1.29, 1.82) is 0 Å². The first-order chi connectivity index (χ1) is 8.43. The van der Waals surface area contributed by atoms with Gasteiger partial charge in [0.25, 0.3) is 6.43 Å². The average molecular weight is 296 g/mol. The van der Waals surface area contributed by atoms with Gasteiger partial charge in [-0.3, -0.25) is 4.98 Å². The molecule has 0 amide bonds. The number of halogens is 8. The zero-order valence-electron chi connectivity index (χ0n) is 8.61. The molecule has 3 nitrogen and oxygen atoms in total. The molecule has 0 spiro atoms.